The van der Waals surface area contributed by atoms with Gasteiger partial charge in [-0.05, 0) is 49.2 Å². The molecule has 3 rings (SSSR count). The highest BCUT2D eigenvalue weighted by Gasteiger charge is 2.53. The molecular formula is C17H20ClN. The second-order valence-corrected chi connectivity index (χ2v) is 6.31. The fourth-order valence-electron chi connectivity index (χ4n) is 3.15. The van der Waals surface area contributed by atoms with Gasteiger partial charge in [0.25, 0.3) is 0 Å². The maximum Gasteiger partial charge on any atom is 0.0363 e. The molecule has 0 spiro atoms. The van der Waals surface area contributed by atoms with Crippen molar-refractivity contribution in [2.24, 2.45) is 17.6 Å². The van der Waals surface area contributed by atoms with Gasteiger partial charge in [0.15, 0.2) is 0 Å². The van der Waals surface area contributed by atoms with Gasteiger partial charge in [-0.1, -0.05) is 54.1 Å². The van der Waals surface area contributed by atoms with Gasteiger partial charge in [0.2, 0.25) is 0 Å². The quantitative estimate of drug-likeness (QED) is 0.880. The zero-order valence-electron chi connectivity index (χ0n) is 11.1. The van der Waals surface area contributed by atoms with Crippen molar-refractivity contribution in [3.63, 3.8) is 0 Å². The van der Waals surface area contributed by atoms with Crippen molar-refractivity contribution in [1.82, 2.24) is 0 Å². The fourth-order valence-corrected chi connectivity index (χ4v) is 3.31. The summed E-state index contributed by atoms with van der Waals surface area (Å²) in [6.45, 7) is 0. The molecule has 0 bridgehead atoms. The van der Waals surface area contributed by atoms with E-state index in [0.717, 1.165) is 30.7 Å². The first-order valence-corrected chi connectivity index (χ1v) is 7.42. The van der Waals surface area contributed by atoms with Gasteiger partial charge < -0.3 is 5.73 Å². The van der Waals surface area contributed by atoms with E-state index in [1.165, 1.54) is 5.56 Å². The van der Waals surface area contributed by atoms with E-state index in [0.29, 0.717) is 11.8 Å². The van der Waals surface area contributed by atoms with Crippen molar-refractivity contribution in [3.05, 3.63) is 59.2 Å². The molecule has 3 atom stereocenters. The molecule has 0 heterocycles. The molecular weight excluding hydrogens is 254 g/mol. The van der Waals surface area contributed by atoms with Crippen LogP contribution in [0.1, 0.15) is 24.8 Å². The third-order valence-corrected chi connectivity index (χ3v) is 4.79. The minimum Gasteiger partial charge on any atom is -0.325 e. The monoisotopic (exact) mass is 273 g/mol. The Labute approximate surface area is 120 Å². The number of nitrogens with two attached hydrogens (primary N) is 1. The van der Waals surface area contributed by atoms with Crippen LogP contribution in [0, 0.1) is 11.8 Å². The van der Waals surface area contributed by atoms with E-state index in [1.807, 2.05) is 6.08 Å². The van der Waals surface area contributed by atoms with Gasteiger partial charge in [0, 0.05) is 10.6 Å². The maximum absolute atomic E-state index is 6.52. The molecule has 2 N–H and O–H groups in total. The molecule has 1 fully saturated rings. The highest BCUT2D eigenvalue weighted by molar-refractivity contribution is 6.31. The number of halogens is 1. The summed E-state index contributed by atoms with van der Waals surface area (Å²) in [5, 5.41) is 0.865. The number of benzene rings is 1. The maximum atomic E-state index is 6.52. The van der Waals surface area contributed by atoms with Crippen LogP contribution in [0.4, 0.5) is 0 Å². The van der Waals surface area contributed by atoms with E-state index in [-0.39, 0.29) is 5.54 Å². The average Bonchev–Trinajstić information content (AvgIpc) is 3.11. The Balaban J connectivity index is 1.54. The van der Waals surface area contributed by atoms with Crippen LogP contribution in [-0.4, -0.2) is 5.54 Å². The normalized spacial score (nSPS) is 33.1. The van der Waals surface area contributed by atoms with Crippen LogP contribution in [-0.2, 0) is 6.42 Å². The van der Waals surface area contributed by atoms with E-state index in [9.17, 15) is 0 Å². The Kier molecular flexibility index (Phi) is 3.51. The lowest BCUT2D eigenvalue weighted by atomic mass is 9.91. The topological polar surface area (TPSA) is 26.0 Å². The van der Waals surface area contributed by atoms with E-state index < -0.39 is 0 Å². The summed E-state index contributed by atoms with van der Waals surface area (Å²) in [4.78, 5) is 0. The first kappa shape index (κ1) is 13.0. The molecule has 1 nitrogen and oxygen atoms in total. The minimum absolute atomic E-state index is 0.0442. The van der Waals surface area contributed by atoms with Gasteiger partial charge in [-0.15, -0.1) is 0 Å². The van der Waals surface area contributed by atoms with E-state index >= 15 is 0 Å². The lowest BCUT2D eigenvalue weighted by molar-refractivity contribution is 0.464. The van der Waals surface area contributed by atoms with Crippen molar-refractivity contribution in [2.75, 3.05) is 0 Å². The van der Waals surface area contributed by atoms with Crippen molar-refractivity contribution in [2.45, 2.75) is 31.2 Å². The summed E-state index contributed by atoms with van der Waals surface area (Å²) in [5.41, 5.74) is 7.95. The second kappa shape index (κ2) is 5.15. The molecule has 1 aromatic carbocycles. The van der Waals surface area contributed by atoms with Crippen molar-refractivity contribution in [1.29, 1.82) is 0 Å². The predicted molar refractivity (Wildman–Crippen MR) is 81.0 cm³/mol. The third-order valence-electron chi connectivity index (χ3n) is 4.50. The van der Waals surface area contributed by atoms with Crippen LogP contribution in [0.25, 0.3) is 0 Å². The highest BCUT2D eigenvalue weighted by Crippen LogP contribution is 2.51. The summed E-state index contributed by atoms with van der Waals surface area (Å²) in [6, 6.07) is 10.6. The van der Waals surface area contributed by atoms with Crippen LogP contribution in [0.5, 0.6) is 0 Å². The Morgan fingerprint density at radius 1 is 1.26 bits per heavy atom. The SMILES string of the molecule is N[C@]1(CCc2ccccc2)C[C@H]1C1C=CC(Cl)=CC1. The lowest BCUT2D eigenvalue weighted by Gasteiger charge is -2.18. The van der Waals surface area contributed by atoms with Gasteiger partial charge >= 0.3 is 0 Å². The molecule has 0 amide bonds. The molecule has 19 heavy (non-hydrogen) atoms. The number of rotatable bonds is 4. The molecule has 2 heteroatoms. The second-order valence-electron chi connectivity index (χ2n) is 5.88. The van der Waals surface area contributed by atoms with Crippen LogP contribution in [0.15, 0.2) is 53.6 Å². The van der Waals surface area contributed by atoms with E-state index in [2.05, 4.69) is 42.5 Å². The molecule has 0 radical (unpaired) electrons. The largest absolute Gasteiger partial charge is 0.325 e. The van der Waals surface area contributed by atoms with Crippen LogP contribution >= 0.6 is 11.6 Å². The Bertz CT molecular complexity index is 505. The Morgan fingerprint density at radius 3 is 2.74 bits per heavy atom. The Morgan fingerprint density at radius 2 is 2.05 bits per heavy atom. The smallest absolute Gasteiger partial charge is 0.0363 e. The number of hydrogen-bond donors (Lipinski definition) is 1. The van der Waals surface area contributed by atoms with Crippen LogP contribution in [0.3, 0.4) is 0 Å². The van der Waals surface area contributed by atoms with Crippen molar-refractivity contribution in [3.8, 4) is 0 Å². The van der Waals surface area contributed by atoms with Crippen LogP contribution in [0.2, 0.25) is 0 Å². The standard InChI is InChI=1S/C17H20ClN/c18-15-8-6-14(7-9-15)16-12-17(16,19)11-10-13-4-2-1-3-5-13/h1-6,8-9,14,16H,7,10-12,19H2/t14?,16-,17+/m0/s1. The molecule has 0 aliphatic heterocycles. The average molecular weight is 274 g/mol. The van der Waals surface area contributed by atoms with E-state index in [4.69, 9.17) is 17.3 Å². The predicted octanol–water partition coefficient (Wildman–Crippen LogP) is 4.04. The number of hydrogen-bond acceptors (Lipinski definition) is 1. The van der Waals surface area contributed by atoms with Gasteiger partial charge in [-0.25, -0.2) is 0 Å². The number of allylic oxidation sites excluding steroid dienone is 4. The Hall–Kier alpha value is -1.05. The van der Waals surface area contributed by atoms with E-state index in [1.54, 1.807) is 0 Å². The third kappa shape index (κ3) is 2.93. The molecule has 1 saturated carbocycles. The highest BCUT2D eigenvalue weighted by atomic mass is 35.5. The van der Waals surface area contributed by atoms with Gasteiger partial charge in [-0.2, -0.15) is 0 Å². The molecule has 2 aliphatic carbocycles. The van der Waals surface area contributed by atoms with Gasteiger partial charge in [0.05, 0.1) is 0 Å². The van der Waals surface area contributed by atoms with Gasteiger partial charge in [-0.3, -0.25) is 0 Å². The first-order valence-electron chi connectivity index (χ1n) is 7.04. The summed E-state index contributed by atoms with van der Waals surface area (Å²) in [7, 11) is 0. The zero-order valence-corrected chi connectivity index (χ0v) is 11.8. The number of aryl methyl sites for hydroxylation is 1. The lowest BCUT2D eigenvalue weighted by Crippen LogP contribution is -2.28. The summed E-state index contributed by atoms with van der Waals surface area (Å²) >= 11 is 5.96. The molecule has 100 valence electrons. The van der Waals surface area contributed by atoms with Crippen molar-refractivity contribution < 1.29 is 0 Å². The summed E-state index contributed by atoms with van der Waals surface area (Å²) < 4.78 is 0. The summed E-state index contributed by atoms with van der Waals surface area (Å²) in [6.07, 6.45) is 10.7. The molecule has 1 aromatic rings. The molecule has 2 aliphatic rings. The molecule has 0 saturated heterocycles. The van der Waals surface area contributed by atoms with Crippen LogP contribution < -0.4 is 5.73 Å². The minimum atomic E-state index is 0.0442. The first-order chi connectivity index (χ1) is 9.17. The van der Waals surface area contributed by atoms with Gasteiger partial charge in [0.1, 0.15) is 0 Å². The zero-order chi connectivity index (χ0) is 13.3. The molecule has 0 aromatic heterocycles. The van der Waals surface area contributed by atoms with Crippen molar-refractivity contribution >= 4 is 11.6 Å². The summed E-state index contributed by atoms with van der Waals surface area (Å²) in [5.74, 6) is 1.22. The fraction of sp³-hybridized carbons (Fsp3) is 0.412. The molecule has 1 unspecified atom stereocenters.